The number of likely N-dealkylation sites (tertiary alicyclic amines) is 1. The average molecular weight is 369 g/mol. The minimum Gasteiger partial charge on any atom is -0.459 e. The third-order valence-electron chi connectivity index (χ3n) is 6.30. The molecule has 1 saturated carbocycles. The number of amides is 1. The Morgan fingerprint density at radius 1 is 1.15 bits per heavy atom. The number of ether oxygens (including phenoxy) is 2. The molecule has 2 aliphatic heterocycles. The van der Waals surface area contributed by atoms with Crippen molar-refractivity contribution in [3.05, 3.63) is 47.9 Å². The van der Waals surface area contributed by atoms with Crippen molar-refractivity contribution in [1.29, 1.82) is 0 Å². The van der Waals surface area contributed by atoms with Gasteiger partial charge in [-0.25, -0.2) is 0 Å². The van der Waals surface area contributed by atoms with Gasteiger partial charge in [0.15, 0.2) is 17.3 Å². The number of piperidine rings is 1. The fourth-order valence-corrected chi connectivity index (χ4v) is 4.96. The van der Waals surface area contributed by atoms with Crippen LogP contribution in [0.3, 0.4) is 0 Å². The summed E-state index contributed by atoms with van der Waals surface area (Å²) in [5, 5.41) is 11.3. The van der Waals surface area contributed by atoms with Gasteiger partial charge >= 0.3 is 0 Å². The lowest BCUT2D eigenvalue weighted by Gasteiger charge is -2.52. The Hall–Kier alpha value is -2.47. The Kier molecular flexibility index (Phi) is 3.90. The van der Waals surface area contributed by atoms with E-state index in [9.17, 15) is 9.90 Å². The van der Waals surface area contributed by atoms with E-state index < -0.39 is 5.60 Å². The molecular weight excluding hydrogens is 346 g/mol. The van der Waals surface area contributed by atoms with Crippen LogP contribution in [0.4, 0.5) is 0 Å². The molecule has 3 heterocycles. The summed E-state index contributed by atoms with van der Waals surface area (Å²) in [5.41, 5.74) is 0.253. The molecule has 1 aromatic carbocycles. The number of nitrogens with zero attached hydrogens (tertiary/aromatic N) is 1. The summed E-state index contributed by atoms with van der Waals surface area (Å²) in [6, 6.07) is 9.04. The molecule has 2 fully saturated rings. The van der Waals surface area contributed by atoms with Crippen LogP contribution < -0.4 is 9.47 Å². The van der Waals surface area contributed by atoms with E-state index in [4.69, 9.17) is 13.9 Å². The fraction of sp³-hybridized carbons (Fsp3) is 0.476. The molecule has 6 nitrogen and oxygen atoms in total. The summed E-state index contributed by atoms with van der Waals surface area (Å²) < 4.78 is 16.4. The SMILES string of the molecule is O=C(c1ccco1)N1CCC2(O)CCCCC2C1c1ccc2c(c1)OCO2. The first-order chi connectivity index (χ1) is 13.2. The van der Waals surface area contributed by atoms with Crippen molar-refractivity contribution in [2.24, 2.45) is 5.92 Å². The first-order valence-electron chi connectivity index (χ1n) is 9.62. The quantitative estimate of drug-likeness (QED) is 0.877. The Labute approximate surface area is 157 Å². The van der Waals surface area contributed by atoms with Crippen LogP contribution in [0.5, 0.6) is 11.5 Å². The molecule has 3 atom stereocenters. The number of carbonyl (C=O) groups is 1. The number of hydrogen-bond donors (Lipinski definition) is 1. The lowest BCUT2D eigenvalue weighted by Crippen LogP contribution is -2.56. The molecule has 3 unspecified atom stereocenters. The number of benzene rings is 1. The summed E-state index contributed by atoms with van der Waals surface area (Å²) in [7, 11) is 0. The molecular formula is C21H23NO5. The second-order valence-corrected chi connectivity index (χ2v) is 7.74. The third-order valence-corrected chi connectivity index (χ3v) is 6.30. The number of carbonyl (C=O) groups excluding carboxylic acids is 1. The predicted molar refractivity (Wildman–Crippen MR) is 96.6 cm³/mol. The maximum atomic E-state index is 13.2. The smallest absolute Gasteiger partial charge is 0.290 e. The second kappa shape index (κ2) is 6.30. The lowest BCUT2D eigenvalue weighted by molar-refractivity contribution is -0.115. The fourth-order valence-electron chi connectivity index (χ4n) is 4.96. The highest BCUT2D eigenvalue weighted by Crippen LogP contribution is 2.50. The highest BCUT2D eigenvalue weighted by molar-refractivity contribution is 5.92. The first kappa shape index (κ1) is 16.7. The monoisotopic (exact) mass is 369 g/mol. The van der Waals surface area contributed by atoms with E-state index in [1.54, 1.807) is 12.1 Å². The van der Waals surface area contributed by atoms with E-state index in [0.29, 0.717) is 24.5 Å². The molecule has 5 rings (SSSR count). The molecule has 1 aromatic heterocycles. The molecule has 3 aliphatic rings. The number of fused-ring (bicyclic) bond motifs is 2. The van der Waals surface area contributed by atoms with Crippen LogP contribution >= 0.6 is 0 Å². The van der Waals surface area contributed by atoms with Gasteiger partial charge in [0.25, 0.3) is 5.91 Å². The number of rotatable bonds is 2. The van der Waals surface area contributed by atoms with Gasteiger partial charge in [-0.2, -0.15) is 0 Å². The Balaban J connectivity index is 1.57. The summed E-state index contributed by atoms with van der Waals surface area (Å²) in [6.07, 6.45) is 5.91. The van der Waals surface area contributed by atoms with Gasteiger partial charge in [0.1, 0.15) is 0 Å². The normalized spacial score (nSPS) is 29.4. The van der Waals surface area contributed by atoms with Crippen LogP contribution in [0, 0.1) is 5.92 Å². The molecule has 1 aliphatic carbocycles. The Morgan fingerprint density at radius 3 is 2.89 bits per heavy atom. The van der Waals surface area contributed by atoms with Gasteiger partial charge in [-0.3, -0.25) is 4.79 Å². The predicted octanol–water partition coefficient (Wildman–Crippen LogP) is 3.52. The molecule has 142 valence electrons. The van der Waals surface area contributed by atoms with Crippen molar-refractivity contribution in [2.45, 2.75) is 43.7 Å². The van der Waals surface area contributed by atoms with Crippen LogP contribution in [0.15, 0.2) is 41.0 Å². The molecule has 0 radical (unpaired) electrons. The maximum Gasteiger partial charge on any atom is 0.290 e. The number of hydrogen-bond acceptors (Lipinski definition) is 5. The molecule has 1 N–H and O–H groups in total. The van der Waals surface area contributed by atoms with Gasteiger partial charge in [-0.1, -0.05) is 18.9 Å². The largest absolute Gasteiger partial charge is 0.459 e. The van der Waals surface area contributed by atoms with Crippen molar-refractivity contribution in [3.63, 3.8) is 0 Å². The summed E-state index contributed by atoms with van der Waals surface area (Å²) >= 11 is 0. The van der Waals surface area contributed by atoms with Crippen LogP contribution in [0.25, 0.3) is 0 Å². The Bertz CT molecular complexity index is 848. The van der Waals surface area contributed by atoms with Gasteiger partial charge in [0.05, 0.1) is 17.9 Å². The number of furan rings is 1. The molecule has 6 heteroatoms. The highest BCUT2D eigenvalue weighted by Gasteiger charge is 2.50. The first-order valence-corrected chi connectivity index (χ1v) is 9.62. The lowest BCUT2D eigenvalue weighted by atomic mass is 9.66. The third kappa shape index (κ3) is 2.70. The van der Waals surface area contributed by atoms with E-state index >= 15 is 0 Å². The molecule has 0 spiro atoms. The summed E-state index contributed by atoms with van der Waals surface area (Å²) in [6.45, 7) is 0.720. The van der Waals surface area contributed by atoms with Crippen molar-refractivity contribution >= 4 is 5.91 Å². The van der Waals surface area contributed by atoms with Gasteiger partial charge in [-0.05, 0) is 49.1 Å². The van der Waals surface area contributed by atoms with Crippen LogP contribution in [-0.2, 0) is 0 Å². The molecule has 1 amide bonds. The highest BCUT2D eigenvalue weighted by atomic mass is 16.7. The maximum absolute atomic E-state index is 13.2. The van der Waals surface area contributed by atoms with Crippen LogP contribution in [-0.4, -0.2) is 34.9 Å². The van der Waals surface area contributed by atoms with Gasteiger partial charge < -0.3 is 23.9 Å². The van der Waals surface area contributed by atoms with Crippen LogP contribution in [0.2, 0.25) is 0 Å². The van der Waals surface area contributed by atoms with Gasteiger partial charge in [0, 0.05) is 12.5 Å². The summed E-state index contributed by atoms with van der Waals surface area (Å²) in [5.74, 6) is 1.62. The van der Waals surface area contributed by atoms with E-state index in [1.165, 1.54) is 6.26 Å². The topological polar surface area (TPSA) is 72.1 Å². The van der Waals surface area contributed by atoms with Crippen LogP contribution in [0.1, 0.15) is 54.3 Å². The standard InChI is InChI=1S/C21H23NO5/c23-20(17-5-3-11-25-17)22-10-9-21(24)8-2-1-4-15(21)19(22)14-6-7-16-18(12-14)27-13-26-16/h3,5-7,11-12,15,19,24H,1-2,4,8-10,13H2. The van der Waals surface area contributed by atoms with Crippen molar-refractivity contribution in [3.8, 4) is 11.5 Å². The Morgan fingerprint density at radius 2 is 2.04 bits per heavy atom. The molecule has 27 heavy (non-hydrogen) atoms. The van der Waals surface area contributed by atoms with Crippen molar-refractivity contribution in [2.75, 3.05) is 13.3 Å². The zero-order valence-electron chi connectivity index (χ0n) is 15.1. The minimum absolute atomic E-state index is 0.000663. The zero-order valence-corrected chi connectivity index (χ0v) is 15.1. The zero-order chi connectivity index (χ0) is 18.4. The van der Waals surface area contributed by atoms with E-state index in [-0.39, 0.29) is 24.7 Å². The van der Waals surface area contributed by atoms with E-state index in [1.807, 2.05) is 23.1 Å². The average Bonchev–Trinajstić information content (AvgIpc) is 3.37. The van der Waals surface area contributed by atoms with Gasteiger partial charge in [0.2, 0.25) is 6.79 Å². The minimum atomic E-state index is -0.723. The van der Waals surface area contributed by atoms with Crippen molar-refractivity contribution in [1.82, 2.24) is 4.90 Å². The van der Waals surface area contributed by atoms with E-state index in [0.717, 1.165) is 37.0 Å². The molecule has 1 saturated heterocycles. The molecule has 2 aromatic rings. The summed E-state index contributed by atoms with van der Waals surface area (Å²) in [4.78, 5) is 15.0. The molecule has 0 bridgehead atoms. The number of aliphatic hydroxyl groups is 1. The van der Waals surface area contributed by atoms with Gasteiger partial charge in [-0.15, -0.1) is 0 Å². The van der Waals surface area contributed by atoms with E-state index in [2.05, 4.69) is 0 Å². The van der Waals surface area contributed by atoms with Crippen molar-refractivity contribution < 1.29 is 23.8 Å². The second-order valence-electron chi connectivity index (χ2n) is 7.74.